The molecule has 0 radical (unpaired) electrons. The molecule has 3 aromatic rings. The summed E-state index contributed by atoms with van der Waals surface area (Å²) >= 11 is 1.09. The molecule has 0 aliphatic heterocycles. The number of fused-ring (bicyclic) bond motifs is 1. The zero-order valence-electron chi connectivity index (χ0n) is 14.4. The van der Waals surface area contributed by atoms with Crippen molar-refractivity contribution in [3.8, 4) is 0 Å². The van der Waals surface area contributed by atoms with Crippen molar-refractivity contribution in [2.75, 3.05) is 11.9 Å². The van der Waals surface area contributed by atoms with Crippen LogP contribution < -0.4 is 10.9 Å². The van der Waals surface area contributed by atoms with Crippen molar-refractivity contribution in [3.05, 3.63) is 51.9 Å². The van der Waals surface area contributed by atoms with Crippen molar-refractivity contribution in [3.63, 3.8) is 0 Å². The number of H-pyrrole nitrogens is 1. The molecule has 2 aromatic heterocycles. The molecule has 27 heavy (non-hydrogen) atoms. The monoisotopic (exact) mass is 393 g/mol. The van der Waals surface area contributed by atoms with Crippen LogP contribution in [0, 0.1) is 11.6 Å². The highest BCUT2D eigenvalue weighted by molar-refractivity contribution is 7.98. The summed E-state index contributed by atoms with van der Waals surface area (Å²) in [4.78, 5) is 26.8. The molecule has 0 fully saturated rings. The van der Waals surface area contributed by atoms with E-state index in [-0.39, 0.29) is 34.8 Å². The first-order valence-electron chi connectivity index (χ1n) is 8.22. The van der Waals surface area contributed by atoms with Gasteiger partial charge in [0.15, 0.2) is 28.3 Å². The van der Waals surface area contributed by atoms with E-state index in [1.54, 1.807) is 0 Å². The first-order valence-corrected chi connectivity index (χ1v) is 9.20. The molecule has 10 heteroatoms. The molecule has 0 aliphatic carbocycles. The molecule has 7 nitrogen and oxygen atoms in total. The molecule has 1 atom stereocenters. The number of aliphatic hydroxyl groups excluding tert-OH is 1. The molecule has 0 aliphatic rings. The van der Waals surface area contributed by atoms with Crippen molar-refractivity contribution in [1.82, 2.24) is 19.9 Å². The molecular weight excluding hydrogens is 376 g/mol. The van der Waals surface area contributed by atoms with Gasteiger partial charge in [-0.3, -0.25) is 4.79 Å². The van der Waals surface area contributed by atoms with Crippen molar-refractivity contribution >= 4 is 28.7 Å². The second-order valence-corrected chi connectivity index (χ2v) is 6.68. The Kier molecular flexibility index (Phi) is 5.97. The number of nitrogens with zero attached hydrogens (tertiary/aromatic N) is 3. The largest absolute Gasteiger partial charge is 0.394 e. The maximum atomic E-state index is 13.8. The van der Waals surface area contributed by atoms with Crippen LogP contribution in [0.15, 0.2) is 34.3 Å². The lowest BCUT2D eigenvalue weighted by molar-refractivity contribution is 0.271. The number of halogens is 2. The van der Waals surface area contributed by atoms with Crippen molar-refractivity contribution in [2.24, 2.45) is 0 Å². The Balaban J connectivity index is 1.95. The number of nitrogens with one attached hydrogen (secondary N) is 2. The summed E-state index contributed by atoms with van der Waals surface area (Å²) in [6.07, 6.45) is 1.76. The summed E-state index contributed by atoms with van der Waals surface area (Å²) in [6, 6.07) is 3.70. The van der Waals surface area contributed by atoms with Gasteiger partial charge in [-0.25, -0.2) is 23.7 Å². The molecule has 0 spiro atoms. The smallest absolute Gasteiger partial charge is 0.268 e. The molecular formula is C17H17F2N5O2S. The summed E-state index contributed by atoms with van der Waals surface area (Å²) in [5.74, 6) is -1.38. The van der Waals surface area contributed by atoms with E-state index in [1.165, 1.54) is 12.1 Å². The zero-order chi connectivity index (χ0) is 19.4. The minimum Gasteiger partial charge on any atom is -0.394 e. The maximum absolute atomic E-state index is 13.8. The van der Waals surface area contributed by atoms with E-state index < -0.39 is 17.2 Å². The van der Waals surface area contributed by atoms with Gasteiger partial charge >= 0.3 is 0 Å². The van der Waals surface area contributed by atoms with E-state index in [2.05, 4.69) is 25.3 Å². The molecule has 0 amide bonds. The first-order chi connectivity index (χ1) is 13.0. The van der Waals surface area contributed by atoms with Gasteiger partial charge in [-0.1, -0.05) is 30.8 Å². The van der Waals surface area contributed by atoms with Crippen LogP contribution in [0.3, 0.4) is 0 Å². The fourth-order valence-corrected chi connectivity index (χ4v) is 3.17. The lowest BCUT2D eigenvalue weighted by Gasteiger charge is -2.16. The first kappa shape index (κ1) is 19.2. The topological polar surface area (TPSA) is 104 Å². The van der Waals surface area contributed by atoms with E-state index in [0.29, 0.717) is 17.8 Å². The van der Waals surface area contributed by atoms with E-state index in [1.807, 2.05) is 6.92 Å². The maximum Gasteiger partial charge on any atom is 0.268 e. The van der Waals surface area contributed by atoms with Gasteiger partial charge in [0, 0.05) is 11.3 Å². The molecule has 142 valence electrons. The highest BCUT2D eigenvalue weighted by Gasteiger charge is 2.15. The van der Waals surface area contributed by atoms with Crippen molar-refractivity contribution in [2.45, 2.75) is 30.3 Å². The molecule has 0 saturated heterocycles. The van der Waals surface area contributed by atoms with Crippen LogP contribution in [-0.4, -0.2) is 37.7 Å². The molecule has 0 unspecified atom stereocenters. The summed E-state index contributed by atoms with van der Waals surface area (Å²) in [6.45, 7) is 1.79. The van der Waals surface area contributed by atoms with Gasteiger partial charge in [0.1, 0.15) is 5.52 Å². The summed E-state index contributed by atoms with van der Waals surface area (Å²) in [7, 11) is 0. The second-order valence-electron chi connectivity index (χ2n) is 5.73. The number of hydrogen-bond acceptors (Lipinski definition) is 7. The van der Waals surface area contributed by atoms with Gasteiger partial charge in [0.25, 0.3) is 5.56 Å². The zero-order valence-corrected chi connectivity index (χ0v) is 15.2. The molecule has 0 saturated carbocycles. The van der Waals surface area contributed by atoms with E-state index >= 15 is 0 Å². The van der Waals surface area contributed by atoms with Crippen LogP contribution in [0.5, 0.6) is 0 Å². The van der Waals surface area contributed by atoms with E-state index in [4.69, 9.17) is 0 Å². The third-order valence-electron chi connectivity index (χ3n) is 3.86. The molecule has 2 heterocycles. The Bertz CT molecular complexity index is 1010. The van der Waals surface area contributed by atoms with Gasteiger partial charge in [-0.15, -0.1) is 0 Å². The minimum absolute atomic E-state index is 0.107. The summed E-state index contributed by atoms with van der Waals surface area (Å²) in [5.41, 5.74) is 0.325. The van der Waals surface area contributed by atoms with Crippen LogP contribution >= 0.6 is 11.8 Å². The fraction of sp³-hybridized carbons (Fsp3) is 0.294. The van der Waals surface area contributed by atoms with E-state index in [0.717, 1.165) is 24.0 Å². The number of aromatic nitrogens is 4. The predicted molar refractivity (Wildman–Crippen MR) is 98.7 cm³/mol. The van der Waals surface area contributed by atoms with Crippen LogP contribution in [0.1, 0.15) is 18.9 Å². The quantitative estimate of drug-likeness (QED) is 0.418. The fourth-order valence-electron chi connectivity index (χ4n) is 2.35. The molecule has 0 bridgehead atoms. The Morgan fingerprint density at radius 1 is 1.33 bits per heavy atom. The highest BCUT2D eigenvalue weighted by atomic mass is 32.2. The Labute approximate surface area is 157 Å². The second kappa shape index (κ2) is 8.40. The van der Waals surface area contributed by atoms with Gasteiger partial charge < -0.3 is 15.4 Å². The lowest BCUT2D eigenvalue weighted by Crippen LogP contribution is -2.24. The van der Waals surface area contributed by atoms with Crippen LogP contribution in [-0.2, 0) is 5.75 Å². The van der Waals surface area contributed by atoms with Crippen LogP contribution in [0.2, 0.25) is 0 Å². The predicted octanol–water partition coefficient (Wildman–Crippen LogP) is 2.47. The standard InChI is InChI=1S/C17H17F2N5O2S/c1-2-10(7-25)21-15-14-16(22-12(26)6-20-14)24-17(23-15)27-8-9-4-3-5-11(18)13(9)19/h3-6,10,25H,2,7-8H2,1H3,(H2,21,22,23,24,26)/t10-/m1/s1. The normalized spacial score (nSPS) is 12.3. The van der Waals surface area contributed by atoms with Crippen molar-refractivity contribution < 1.29 is 13.9 Å². The van der Waals surface area contributed by atoms with Gasteiger partial charge in [-0.05, 0) is 12.5 Å². The van der Waals surface area contributed by atoms with Crippen molar-refractivity contribution in [1.29, 1.82) is 0 Å². The number of anilines is 1. The number of rotatable bonds is 7. The SMILES string of the molecule is CC[C@H](CO)Nc1nc(SCc2cccc(F)c2F)nc2[nH]c(=O)cnc12. The summed E-state index contributed by atoms with van der Waals surface area (Å²) in [5, 5.41) is 12.7. The lowest BCUT2D eigenvalue weighted by atomic mass is 10.2. The number of benzene rings is 1. The highest BCUT2D eigenvalue weighted by Crippen LogP contribution is 2.26. The molecule has 3 N–H and O–H groups in total. The van der Waals surface area contributed by atoms with Gasteiger partial charge in [-0.2, -0.15) is 0 Å². The number of aliphatic hydroxyl groups is 1. The van der Waals surface area contributed by atoms with Gasteiger partial charge in [0.2, 0.25) is 0 Å². The van der Waals surface area contributed by atoms with Crippen LogP contribution in [0.4, 0.5) is 14.6 Å². The summed E-state index contributed by atoms with van der Waals surface area (Å²) < 4.78 is 27.2. The van der Waals surface area contributed by atoms with Crippen LogP contribution in [0.25, 0.3) is 11.2 Å². The average molecular weight is 393 g/mol. The molecule has 3 rings (SSSR count). The third kappa shape index (κ3) is 4.40. The third-order valence-corrected chi connectivity index (χ3v) is 4.75. The molecule has 1 aromatic carbocycles. The number of thioether (sulfide) groups is 1. The van der Waals surface area contributed by atoms with Gasteiger partial charge in [0.05, 0.1) is 18.8 Å². The Morgan fingerprint density at radius 3 is 2.89 bits per heavy atom. The number of hydrogen-bond donors (Lipinski definition) is 3. The number of aromatic amines is 1. The average Bonchev–Trinajstić information content (AvgIpc) is 2.66. The Morgan fingerprint density at radius 2 is 2.15 bits per heavy atom. The Hall–Kier alpha value is -2.59. The minimum atomic E-state index is -0.919. The van der Waals surface area contributed by atoms with E-state index in [9.17, 15) is 18.7 Å².